The van der Waals surface area contributed by atoms with E-state index in [4.69, 9.17) is 4.98 Å². The highest BCUT2D eigenvalue weighted by Crippen LogP contribution is 2.29. The van der Waals surface area contributed by atoms with Crippen LogP contribution in [0.4, 0.5) is 11.5 Å². The first kappa shape index (κ1) is 15.5. The second-order valence-corrected chi connectivity index (χ2v) is 6.52. The smallest absolute Gasteiger partial charge is 0.153 e. The molecule has 0 aliphatic rings. The van der Waals surface area contributed by atoms with Gasteiger partial charge in [0.15, 0.2) is 5.82 Å². The van der Waals surface area contributed by atoms with Gasteiger partial charge >= 0.3 is 0 Å². The molecule has 1 N–H and O–H groups in total. The number of aromatic nitrogens is 3. The number of rotatable bonds is 4. The zero-order valence-electron chi connectivity index (χ0n) is 13.7. The molecule has 0 aliphatic carbocycles. The second kappa shape index (κ2) is 6.83. The predicted molar refractivity (Wildman–Crippen MR) is 103 cm³/mol. The number of nitrogens with zero attached hydrogens (tertiary/aromatic N) is 3. The highest BCUT2D eigenvalue weighted by molar-refractivity contribution is 7.13. The van der Waals surface area contributed by atoms with Gasteiger partial charge in [0.25, 0.3) is 0 Å². The molecule has 0 amide bonds. The Bertz CT molecular complexity index is 961. The SMILES string of the molecule is Cc1ccc(Nc2ccc(-c3csc(-c4ccccc4)n3)cc2)nn1. The molecule has 0 saturated heterocycles. The summed E-state index contributed by atoms with van der Waals surface area (Å²) in [5.74, 6) is 0.735. The van der Waals surface area contributed by atoms with Gasteiger partial charge < -0.3 is 5.32 Å². The molecule has 122 valence electrons. The van der Waals surface area contributed by atoms with Gasteiger partial charge in [-0.3, -0.25) is 0 Å². The fraction of sp³-hybridized carbons (Fsp3) is 0.0500. The van der Waals surface area contributed by atoms with Gasteiger partial charge in [-0.1, -0.05) is 42.5 Å². The molecule has 0 aliphatic heterocycles. The quantitative estimate of drug-likeness (QED) is 0.544. The van der Waals surface area contributed by atoms with Crippen molar-refractivity contribution in [3.05, 3.63) is 77.8 Å². The van der Waals surface area contributed by atoms with Crippen LogP contribution in [0.2, 0.25) is 0 Å². The number of thiazole rings is 1. The van der Waals surface area contributed by atoms with Gasteiger partial charge in [0.1, 0.15) is 5.01 Å². The van der Waals surface area contributed by atoms with E-state index < -0.39 is 0 Å². The summed E-state index contributed by atoms with van der Waals surface area (Å²) in [6, 6.07) is 22.3. The summed E-state index contributed by atoms with van der Waals surface area (Å²) in [7, 11) is 0. The molecular formula is C20H16N4S. The molecule has 0 radical (unpaired) electrons. The van der Waals surface area contributed by atoms with Gasteiger partial charge in [0, 0.05) is 22.2 Å². The van der Waals surface area contributed by atoms with E-state index in [0.29, 0.717) is 0 Å². The number of nitrogens with one attached hydrogen (secondary N) is 1. The van der Waals surface area contributed by atoms with Gasteiger partial charge in [-0.25, -0.2) is 4.98 Å². The maximum atomic E-state index is 4.75. The summed E-state index contributed by atoms with van der Waals surface area (Å²) in [4.78, 5) is 4.75. The molecule has 25 heavy (non-hydrogen) atoms. The van der Waals surface area contributed by atoms with Crippen LogP contribution in [0, 0.1) is 6.92 Å². The molecule has 4 aromatic rings. The Kier molecular flexibility index (Phi) is 4.23. The van der Waals surface area contributed by atoms with Crippen molar-refractivity contribution in [2.75, 3.05) is 5.32 Å². The van der Waals surface area contributed by atoms with E-state index in [9.17, 15) is 0 Å². The average Bonchev–Trinajstić information content (AvgIpc) is 3.15. The Balaban J connectivity index is 1.52. The largest absolute Gasteiger partial charge is 0.339 e. The number of hydrogen-bond acceptors (Lipinski definition) is 5. The van der Waals surface area contributed by atoms with Gasteiger partial charge in [0.05, 0.1) is 11.4 Å². The highest BCUT2D eigenvalue weighted by Gasteiger charge is 2.06. The summed E-state index contributed by atoms with van der Waals surface area (Å²) < 4.78 is 0. The summed E-state index contributed by atoms with van der Waals surface area (Å²) >= 11 is 1.66. The van der Waals surface area contributed by atoms with Crippen LogP contribution in [-0.4, -0.2) is 15.2 Å². The first-order valence-corrected chi connectivity index (χ1v) is 8.85. The van der Waals surface area contributed by atoms with E-state index >= 15 is 0 Å². The van der Waals surface area contributed by atoms with Crippen LogP contribution in [0.1, 0.15) is 5.69 Å². The minimum absolute atomic E-state index is 0.735. The first-order chi connectivity index (χ1) is 12.3. The molecule has 2 heterocycles. The molecule has 0 saturated carbocycles. The molecule has 0 bridgehead atoms. The number of aryl methyl sites for hydroxylation is 1. The molecule has 0 unspecified atom stereocenters. The van der Waals surface area contributed by atoms with Crippen molar-refractivity contribution in [1.82, 2.24) is 15.2 Å². The lowest BCUT2D eigenvalue weighted by molar-refractivity contribution is 0.986. The number of benzene rings is 2. The summed E-state index contributed by atoms with van der Waals surface area (Å²) in [6.45, 7) is 1.92. The standard InChI is InChI=1S/C20H16N4S/c1-14-7-12-19(24-23-14)21-17-10-8-15(9-11-17)18-13-25-20(22-18)16-5-3-2-4-6-16/h2-13H,1H3,(H,21,24). The Labute approximate surface area is 150 Å². The zero-order valence-corrected chi connectivity index (χ0v) is 14.5. The monoisotopic (exact) mass is 344 g/mol. The van der Waals surface area contributed by atoms with Crippen LogP contribution >= 0.6 is 11.3 Å². The molecule has 4 nitrogen and oxygen atoms in total. The van der Waals surface area contributed by atoms with E-state index in [2.05, 4.69) is 45.2 Å². The number of anilines is 2. The lowest BCUT2D eigenvalue weighted by atomic mass is 10.1. The maximum absolute atomic E-state index is 4.75. The minimum Gasteiger partial charge on any atom is -0.339 e. The molecule has 0 fully saturated rings. The molecule has 2 aromatic heterocycles. The third-order valence-electron chi connectivity index (χ3n) is 3.78. The van der Waals surface area contributed by atoms with E-state index in [-0.39, 0.29) is 0 Å². The van der Waals surface area contributed by atoms with E-state index in [1.165, 1.54) is 0 Å². The Hall–Kier alpha value is -3.05. The molecule has 2 aromatic carbocycles. The van der Waals surface area contributed by atoms with Crippen molar-refractivity contribution < 1.29 is 0 Å². The van der Waals surface area contributed by atoms with E-state index in [1.54, 1.807) is 11.3 Å². The maximum Gasteiger partial charge on any atom is 0.153 e. The van der Waals surface area contributed by atoms with Crippen molar-refractivity contribution in [1.29, 1.82) is 0 Å². The van der Waals surface area contributed by atoms with Gasteiger partial charge in [0.2, 0.25) is 0 Å². The summed E-state index contributed by atoms with van der Waals surface area (Å²) in [5.41, 5.74) is 5.11. The fourth-order valence-corrected chi connectivity index (χ4v) is 3.29. The third kappa shape index (κ3) is 3.56. The second-order valence-electron chi connectivity index (χ2n) is 5.67. The van der Waals surface area contributed by atoms with Gasteiger partial charge in [-0.05, 0) is 31.2 Å². The van der Waals surface area contributed by atoms with Crippen molar-refractivity contribution >= 4 is 22.8 Å². The normalized spacial score (nSPS) is 10.6. The fourth-order valence-electron chi connectivity index (χ4n) is 2.46. The Morgan fingerprint density at radius 1 is 0.800 bits per heavy atom. The van der Waals surface area contributed by atoms with Crippen LogP contribution in [0.15, 0.2) is 72.1 Å². The zero-order chi connectivity index (χ0) is 17.1. The minimum atomic E-state index is 0.735. The topological polar surface area (TPSA) is 50.7 Å². The average molecular weight is 344 g/mol. The molecule has 0 spiro atoms. The Morgan fingerprint density at radius 3 is 2.32 bits per heavy atom. The lowest BCUT2D eigenvalue weighted by Crippen LogP contribution is -1.95. The van der Waals surface area contributed by atoms with Crippen molar-refractivity contribution in [2.45, 2.75) is 6.92 Å². The molecule has 5 heteroatoms. The molecule has 0 atom stereocenters. The van der Waals surface area contributed by atoms with Crippen LogP contribution in [0.5, 0.6) is 0 Å². The van der Waals surface area contributed by atoms with Gasteiger partial charge in [-0.2, -0.15) is 5.10 Å². The van der Waals surface area contributed by atoms with Crippen LogP contribution in [0.25, 0.3) is 21.8 Å². The highest BCUT2D eigenvalue weighted by atomic mass is 32.1. The van der Waals surface area contributed by atoms with Crippen molar-refractivity contribution in [3.8, 4) is 21.8 Å². The Morgan fingerprint density at radius 2 is 1.60 bits per heavy atom. The van der Waals surface area contributed by atoms with Crippen molar-refractivity contribution in [2.24, 2.45) is 0 Å². The third-order valence-corrected chi connectivity index (χ3v) is 4.67. The lowest BCUT2D eigenvalue weighted by Gasteiger charge is -2.05. The molecule has 4 rings (SSSR count). The number of hydrogen-bond donors (Lipinski definition) is 1. The summed E-state index contributed by atoms with van der Waals surface area (Å²) in [5, 5.41) is 14.5. The van der Waals surface area contributed by atoms with Crippen LogP contribution in [-0.2, 0) is 0 Å². The van der Waals surface area contributed by atoms with Crippen LogP contribution in [0.3, 0.4) is 0 Å². The first-order valence-electron chi connectivity index (χ1n) is 7.97. The summed E-state index contributed by atoms with van der Waals surface area (Å²) in [6.07, 6.45) is 0. The van der Waals surface area contributed by atoms with Crippen molar-refractivity contribution in [3.63, 3.8) is 0 Å². The van der Waals surface area contributed by atoms with E-state index in [0.717, 1.165) is 39.0 Å². The molecular weight excluding hydrogens is 328 g/mol. The predicted octanol–water partition coefficient (Wildman–Crippen LogP) is 5.32. The van der Waals surface area contributed by atoms with Crippen LogP contribution < -0.4 is 5.32 Å². The van der Waals surface area contributed by atoms with E-state index in [1.807, 2.05) is 49.4 Å². The van der Waals surface area contributed by atoms with Gasteiger partial charge in [-0.15, -0.1) is 16.4 Å².